The van der Waals surface area contributed by atoms with Crippen molar-refractivity contribution in [2.24, 2.45) is 11.8 Å². The molecule has 3 atom stereocenters. The first-order chi connectivity index (χ1) is 12.9. The number of amides is 2. The highest BCUT2D eigenvalue weighted by Gasteiger charge is 2.45. The molecule has 0 bridgehead atoms. The Labute approximate surface area is 157 Å². The van der Waals surface area contributed by atoms with Crippen LogP contribution in [0.25, 0.3) is 0 Å². The zero-order valence-corrected chi connectivity index (χ0v) is 15.3. The second-order valence-electron chi connectivity index (χ2n) is 7.49. The molecule has 0 saturated heterocycles. The van der Waals surface area contributed by atoms with E-state index < -0.39 is 23.7 Å². The number of carbonyl (C=O) groups is 3. The van der Waals surface area contributed by atoms with Gasteiger partial charge in [-0.15, -0.1) is 0 Å². The zero-order chi connectivity index (χ0) is 19.6. The number of carboxylic acids is 1. The van der Waals surface area contributed by atoms with Gasteiger partial charge in [0, 0.05) is 13.0 Å². The quantitative estimate of drug-likeness (QED) is 0.711. The third-order valence-electron chi connectivity index (χ3n) is 5.71. The number of benzene rings is 1. The maximum Gasteiger partial charge on any atom is 0.326 e. The van der Waals surface area contributed by atoms with Gasteiger partial charge in [0.1, 0.15) is 11.9 Å². The van der Waals surface area contributed by atoms with E-state index in [1.807, 2.05) is 0 Å². The number of halogens is 1. The molecular weight excluding hydrogens is 351 g/mol. The van der Waals surface area contributed by atoms with Crippen LogP contribution in [-0.4, -0.2) is 36.0 Å². The second kappa shape index (κ2) is 8.06. The topological polar surface area (TPSA) is 95.5 Å². The number of nitrogens with one attached hydrogen (secondary N) is 2. The molecule has 1 aromatic rings. The lowest BCUT2D eigenvalue weighted by Gasteiger charge is -2.28. The molecule has 2 aliphatic rings. The van der Waals surface area contributed by atoms with Crippen LogP contribution in [0, 0.1) is 17.7 Å². The molecule has 2 saturated carbocycles. The summed E-state index contributed by atoms with van der Waals surface area (Å²) < 4.78 is 14.1. The van der Waals surface area contributed by atoms with E-state index in [1.54, 1.807) is 6.07 Å². The van der Waals surface area contributed by atoms with Crippen molar-refractivity contribution in [1.29, 1.82) is 0 Å². The van der Waals surface area contributed by atoms with Gasteiger partial charge in [-0.05, 0) is 48.8 Å². The van der Waals surface area contributed by atoms with Gasteiger partial charge in [0.05, 0.1) is 5.56 Å². The van der Waals surface area contributed by atoms with Crippen LogP contribution in [0.4, 0.5) is 4.39 Å². The Hall–Kier alpha value is -2.44. The summed E-state index contributed by atoms with van der Waals surface area (Å²) in [6.07, 6.45) is 5.29. The van der Waals surface area contributed by atoms with Crippen LogP contribution >= 0.6 is 0 Å². The highest BCUT2D eigenvalue weighted by atomic mass is 19.1. The fourth-order valence-electron chi connectivity index (χ4n) is 4.04. The molecule has 0 radical (unpaired) electrons. The predicted molar refractivity (Wildman–Crippen MR) is 96.8 cm³/mol. The standard InChI is InChI=1S/C20H25FN2O4/c1-22-18(24)13-8-7-12(9-16(13)21)14-10-15(14)19(25)23-17(20(26)27)11-5-3-2-4-6-11/h7-9,11,14-15,17H,2-6,10H2,1H3,(H,22,24)(H,23,25)(H,26,27)/t14?,15?,17-/m0/s1. The van der Waals surface area contributed by atoms with E-state index in [0.29, 0.717) is 12.0 Å². The van der Waals surface area contributed by atoms with Gasteiger partial charge in [0.15, 0.2) is 0 Å². The average Bonchev–Trinajstić information content (AvgIpc) is 3.46. The summed E-state index contributed by atoms with van der Waals surface area (Å²) in [5, 5.41) is 14.6. The Morgan fingerprint density at radius 3 is 2.48 bits per heavy atom. The first-order valence-electron chi connectivity index (χ1n) is 9.47. The van der Waals surface area contributed by atoms with E-state index in [2.05, 4.69) is 10.6 Å². The SMILES string of the molecule is CNC(=O)c1ccc(C2CC2C(=O)N[C@H](C(=O)O)C2CCCCC2)cc1F. The first-order valence-corrected chi connectivity index (χ1v) is 9.47. The number of aliphatic carboxylic acids is 1. The van der Waals surface area contributed by atoms with E-state index in [9.17, 15) is 23.9 Å². The fraction of sp³-hybridized carbons (Fsp3) is 0.550. The molecule has 0 aliphatic heterocycles. The molecule has 2 fully saturated rings. The lowest BCUT2D eigenvalue weighted by molar-refractivity contribution is -0.144. The maximum atomic E-state index is 14.1. The minimum absolute atomic E-state index is 0.0262. The third-order valence-corrected chi connectivity index (χ3v) is 5.71. The Morgan fingerprint density at radius 1 is 1.19 bits per heavy atom. The molecule has 0 heterocycles. The van der Waals surface area contributed by atoms with Gasteiger partial charge in [-0.1, -0.05) is 25.3 Å². The van der Waals surface area contributed by atoms with Crippen molar-refractivity contribution in [3.05, 3.63) is 35.1 Å². The molecule has 0 spiro atoms. The van der Waals surface area contributed by atoms with Crippen molar-refractivity contribution < 1.29 is 23.9 Å². The molecule has 146 valence electrons. The number of carbonyl (C=O) groups excluding carboxylic acids is 2. The van der Waals surface area contributed by atoms with Gasteiger partial charge in [0.2, 0.25) is 5.91 Å². The Bertz CT molecular complexity index is 745. The van der Waals surface area contributed by atoms with Crippen molar-refractivity contribution in [2.75, 3.05) is 7.05 Å². The molecule has 2 amide bonds. The molecule has 27 heavy (non-hydrogen) atoms. The highest BCUT2D eigenvalue weighted by molar-refractivity contribution is 5.94. The van der Waals surface area contributed by atoms with Gasteiger partial charge >= 0.3 is 5.97 Å². The third kappa shape index (κ3) is 4.28. The van der Waals surface area contributed by atoms with E-state index in [0.717, 1.165) is 32.1 Å². The summed E-state index contributed by atoms with van der Waals surface area (Å²) in [5.41, 5.74) is 0.621. The van der Waals surface area contributed by atoms with Crippen LogP contribution in [0.5, 0.6) is 0 Å². The Morgan fingerprint density at radius 2 is 1.89 bits per heavy atom. The van der Waals surface area contributed by atoms with Crippen LogP contribution in [0.1, 0.15) is 60.4 Å². The molecule has 2 aliphatic carbocycles. The van der Waals surface area contributed by atoms with E-state index >= 15 is 0 Å². The number of hydrogen-bond acceptors (Lipinski definition) is 3. The summed E-state index contributed by atoms with van der Waals surface area (Å²) in [6, 6.07) is 3.50. The van der Waals surface area contributed by atoms with E-state index in [1.165, 1.54) is 19.2 Å². The normalized spacial score (nSPS) is 23.3. The van der Waals surface area contributed by atoms with Crippen LogP contribution in [0.3, 0.4) is 0 Å². The molecule has 2 unspecified atom stereocenters. The predicted octanol–water partition coefficient (Wildman–Crippen LogP) is 2.44. The lowest BCUT2D eigenvalue weighted by Crippen LogP contribution is -2.47. The summed E-state index contributed by atoms with van der Waals surface area (Å²) >= 11 is 0. The number of carboxylic acid groups (broad SMARTS) is 1. The van der Waals surface area contributed by atoms with Crippen LogP contribution < -0.4 is 10.6 Å². The van der Waals surface area contributed by atoms with Crippen molar-refractivity contribution in [3.63, 3.8) is 0 Å². The molecule has 3 N–H and O–H groups in total. The molecule has 1 aromatic carbocycles. The second-order valence-corrected chi connectivity index (χ2v) is 7.49. The Balaban J connectivity index is 1.63. The van der Waals surface area contributed by atoms with E-state index in [-0.39, 0.29) is 29.2 Å². The highest BCUT2D eigenvalue weighted by Crippen LogP contribution is 2.48. The van der Waals surface area contributed by atoms with Crippen molar-refractivity contribution >= 4 is 17.8 Å². The molecule has 7 heteroatoms. The first kappa shape index (κ1) is 19.3. The largest absolute Gasteiger partial charge is 0.480 e. The van der Waals surface area contributed by atoms with E-state index in [4.69, 9.17) is 0 Å². The monoisotopic (exact) mass is 376 g/mol. The van der Waals surface area contributed by atoms with Gasteiger partial charge in [-0.2, -0.15) is 0 Å². The number of hydrogen-bond donors (Lipinski definition) is 3. The fourth-order valence-corrected chi connectivity index (χ4v) is 4.04. The molecule has 3 rings (SSSR count). The molecule has 0 aromatic heterocycles. The maximum absolute atomic E-state index is 14.1. The smallest absolute Gasteiger partial charge is 0.326 e. The van der Waals surface area contributed by atoms with Crippen LogP contribution in [-0.2, 0) is 9.59 Å². The van der Waals surface area contributed by atoms with Gasteiger partial charge in [-0.3, -0.25) is 9.59 Å². The van der Waals surface area contributed by atoms with Gasteiger partial charge < -0.3 is 15.7 Å². The summed E-state index contributed by atoms with van der Waals surface area (Å²) in [4.78, 5) is 35.7. The minimum atomic E-state index is -0.992. The van der Waals surface area contributed by atoms with Crippen LogP contribution in [0.2, 0.25) is 0 Å². The van der Waals surface area contributed by atoms with Crippen molar-refractivity contribution in [2.45, 2.75) is 50.5 Å². The lowest BCUT2D eigenvalue weighted by atomic mass is 9.84. The Kier molecular flexibility index (Phi) is 5.77. The van der Waals surface area contributed by atoms with Crippen molar-refractivity contribution in [3.8, 4) is 0 Å². The number of rotatable bonds is 6. The van der Waals surface area contributed by atoms with Gasteiger partial charge in [-0.25, -0.2) is 9.18 Å². The summed E-state index contributed by atoms with van der Waals surface area (Å²) in [6.45, 7) is 0. The minimum Gasteiger partial charge on any atom is -0.480 e. The summed E-state index contributed by atoms with van der Waals surface area (Å²) in [5.74, 6) is -2.91. The average molecular weight is 376 g/mol. The van der Waals surface area contributed by atoms with Crippen LogP contribution in [0.15, 0.2) is 18.2 Å². The molecule has 6 nitrogen and oxygen atoms in total. The zero-order valence-electron chi connectivity index (χ0n) is 15.3. The molecular formula is C20H25FN2O4. The summed E-state index contributed by atoms with van der Waals surface area (Å²) in [7, 11) is 1.43. The van der Waals surface area contributed by atoms with Crippen molar-refractivity contribution in [1.82, 2.24) is 10.6 Å². The van der Waals surface area contributed by atoms with Gasteiger partial charge in [0.25, 0.3) is 5.91 Å².